The van der Waals surface area contributed by atoms with Crippen molar-refractivity contribution in [3.8, 4) is 0 Å². The molecule has 24 heavy (non-hydrogen) atoms. The van der Waals surface area contributed by atoms with Crippen LogP contribution in [0.3, 0.4) is 0 Å². The summed E-state index contributed by atoms with van der Waals surface area (Å²) in [7, 11) is 0. The summed E-state index contributed by atoms with van der Waals surface area (Å²) >= 11 is 4.14. The first-order valence-electron chi connectivity index (χ1n) is 9.73. The number of aliphatic hydroxyl groups is 1. The molecule has 0 aromatic rings. The van der Waals surface area contributed by atoms with Gasteiger partial charge in [0.15, 0.2) is 0 Å². The van der Waals surface area contributed by atoms with Gasteiger partial charge in [-0.2, -0.15) is 0 Å². The SMILES string of the molecule is CC(C)CCCCCC(O)(CCCCCC(C)C)C(=O)S.[CH3][Sn][CH3]. The molecule has 0 aliphatic rings. The van der Waals surface area contributed by atoms with Gasteiger partial charge in [-0.3, -0.25) is 4.79 Å². The molecule has 0 aromatic heterocycles. The van der Waals surface area contributed by atoms with Crippen LogP contribution in [0.25, 0.3) is 0 Å². The normalized spacial score (nSPS) is 11.6. The van der Waals surface area contributed by atoms with Gasteiger partial charge in [0.25, 0.3) is 0 Å². The van der Waals surface area contributed by atoms with Crippen LogP contribution in [0.1, 0.15) is 91.9 Å². The Morgan fingerprint density at radius 3 is 1.46 bits per heavy atom. The van der Waals surface area contributed by atoms with Crippen LogP contribution in [0.4, 0.5) is 0 Å². The Hall–Kier alpha value is 0.779. The number of thiol groups is 1. The first-order valence-corrected chi connectivity index (χ1v) is 15.9. The zero-order chi connectivity index (χ0) is 19.0. The number of rotatable bonds is 13. The van der Waals surface area contributed by atoms with Gasteiger partial charge in [-0.25, -0.2) is 0 Å². The van der Waals surface area contributed by atoms with Crippen LogP contribution in [0, 0.1) is 11.8 Å². The van der Waals surface area contributed by atoms with Crippen LogP contribution >= 0.6 is 12.6 Å². The van der Waals surface area contributed by atoms with Crippen molar-refractivity contribution in [1.82, 2.24) is 0 Å². The van der Waals surface area contributed by atoms with Crippen LogP contribution in [0.15, 0.2) is 0 Å². The molecule has 1 N–H and O–H groups in total. The molecule has 0 saturated carbocycles. The molecule has 0 fully saturated rings. The summed E-state index contributed by atoms with van der Waals surface area (Å²) in [5, 5.41) is 10.1. The first-order chi connectivity index (χ1) is 11.2. The van der Waals surface area contributed by atoms with E-state index in [4.69, 9.17) is 0 Å². The van der Waals surface area contributed by atoms with Gasteiger partial charge in [-0.1, -0.05) is 79.1 Å². The van der Waals surface area contributed by atoms with E-state index in [0.717, 1.165) is 37.5 Å². The van der Waals surface area contributed by atoms with Crippen molar-refractivity contribution in [3.05, 3.63) is 0 Å². The Balaban J connectivity index is 0. The van der Waals surface area contributed by atoms with E-state index in [1.54, 1.807) is 0 Å². The molecule has 0 aliphatic heterocycles. The second-order valence-corrected chi connectivity index (χ2v) is 11.1. The van der Waals surface area contributed by atoms with Gasteiger partial charge < -0.3 is 5.11 Å². The molecule has 0 aromatic carbocycles. The van der Waals surface area contributed by atoms with Crippen LogP contribution < -0.4 is 0 Å². The zero-order valence-corrected chi connectivity index (χ0v) is 20.8. The van der Waals surface area contributed by atoms with Crippen LogP contribution in [0.2, 0.25) is 9.88 Å². The third kappa shape index (κ3) is 17.6. The Kier molecular flexibility index (Phi) is 19.4. The number of carbonyl (C=O) groups is 1. The van der Waals surface area contributed by atoms with Gasteiger partial charge in [0.05, 0.1) is 0 Å². The monoisotopic (exact) mass is 466 g/mol. The van der Waals surface area contributed by atoms with Gasteiger partial charge in [0.1, 0.15) is 5.60 Å². The summed E-state index contributed by atoms with van der Waals surface area (Å²) in [6, 6.07) is 0. The van der Waals surface area contributed by atoms with E-state index >= 15 is 0 Å². The third-order valence-electron chi connectivity index (χ3n) is 4.14. The van der Waals surface area contributed by atoms with Crippen molar-refractivity contribution < 1.29 is 9.90 Å². The second-order valence-electron chi connectivity index (χ2n) is 7.82. The molecule has 0 spiro atoms. The third-order valence-corrected chi connectivity index (χ3v) is 4.56. The molecular formula is C20H42O2SSn. The van der Waals surface area contributed by atoms with E-state index < -0.39 is 5.60 Å². The molecule has 0 unspecified atom stereocenters. The number of hydrogen-bond donors (Lipinski definition) is 2. The number of carbonyl (C=O) groups excluding carboxylic acids is 1. The molecule has 2 nitrogen and oxygen atoms in total. The molecular weight excluding hydrogens is 423 g/mol. The standard InChI is InChI=1S/C18H36O2S.2CH3.Sn/c1-15(2)11-7-5-9-13-18(20,17(19)21)14-10-6-8-12-16(3)4;;;/h15-16,20H,5-14H2,1-4H3,(H,19,21);2*1H3;. The molecule has 2 radical (unpaired) electrons. The summed E-state index contributed by atoms with van der Waals surface area (Å²) in [6.45, 7) is 8.91. The quantitative estimate of drug-likeness (QED) is 0.194. The van der Waals surface area contributed by atoms with Crippen molar-refractivity contribution in [2.24, 2.45) is 11.8 Å². The summed E-state index contributed by atoms with van der Waals surface area (Å²) < 4.78 is 0. The van der Waals surface area contributed by atoms with E-state index in [1.165, 1.54) is 25.7 Å². The summed E-state index contributed by atoms with van der Waals surface area (Å²) in [6.07, 6.45) is 9.97. The van der Waals surface area contributed by atoms with Gasteiger partial charge in [-0.05, 0) is 24.7 Å². The second kappa shape index (κ2) is 17.2. The van der Waals surface area contributed by atoms with E-state index in [-0.39, 0.29) is 26.3 Å². The van der Waals surface area contributed by atoms with Crippen molar-refractivity contribution in [2.75, 3.05) is 0 Å². The van der Waals surface area contributed by atoms with Crippen LogP contribution in [0.5, 0.6) is 0 Å². The maximum atomic E-state index is 11.6. The molecule has 0 atom stereocenters. The average Bonchev–Trinajstić information content (AvgIpc) is 2.46. The maximum absolute atomic E-state index is 11.6. The Morgan fingerprint density at radius 1 is 0.875 bits per heavy atom. The van der Waals surface area contributed by atoms with Gasteiger partial charge in [-0.15, -0.1) is 12.6 Å². The fourth-order valence-electron chi connectivity index (χ4n) is 2.63. The topological polar surface area (TPSA) is 37.3 Å². The Bertz CT molecular complexity index is 275. The van der Waals surface area contributed by atoms with Crippen molar-refractivity contribution in [1.29, 1.82) is 0 Å². The van der Waals surface area contributed by atoms with E-state index in [0.29, 0.717) is 12.8 Å². The summed E-state index contributed by atoms with van der Waals surface area (Å²) in [5.74, 6) is 1.47. The fourth-order valence-corrected chi connectivity index (χ4v) is 2.86. The summed E-state index contributed by atoms with van der Waals surface area (Å²) in [5.41, 5.74) is -1.20. The molecule has 144 valence electrons. The van der Waals surface area contributed by atoms with Crippen molar-refractivity contribution in [3.63, 3.8) is 0 Å². The first kappa shape index (κ1) is 27.0. The molecule has 0 bridgehead atoms. The molecule has 0 heterocycles. The van der Waals surface area contributed by atoms with Gasteiger partial charge in [0, 0.05) is 0 Å². The van der Waals surface area contributed by atoms with Gasteiger partial charge >= 0.3 is 31.0 Å². The van der Waals surface area contributed by atoms with Crippen LogP contribution in [-0.4, -0.2) is 37.0 Å². The van der Waals surface area contributed by atoms with Crippen molar-refractivity contribution >= 4 is 38.9 Å². The minimum atomic E-state index is -1.20. The molecule has 0 rings (SSSR count). The van der Waals surface area contributed by atoms with E-state index in [2.05, 4.69) is 50.2 Å². The predicted octanol–water partition coefficient (Wildman–Crippen LogP) is 6.17. The predicted molar refractivity (Wildman–Crippen MR) is 112 cm³/mol. The van der Waals surface area contributed by atoms with Crippen molar-refractivity contribution in [2.45, 2.75) is 107 Å². The average molecular weight is 465 g/mol. The number of unbranched alkanes of at least 4 members (excludes halogenated alkanes) is 4. The van der Waals surface area contributed by atoms with E-state index in [9.17, 15) is 9.90 Å². The van der Waals surface area contributed by atoms with Gasteiger partial charge in [0.2, 0.25) is 5.12 Å². The molecule has 0 amide bonds. The number of hydrogen-bond acceptors (Lipinski definition) is 2. The Morgan fingerprint density at radius 2 is 1.21 bits per heavy atom. The van der Waals surface area contributed by atoms with Crippen LogP contribution in [-0.2, 0) is 4.79 Å². The zero-order valence-electron chi connectivity index (χ0n) is 17.0. The minimum absolute atomic E-state index is 0.230. The molecule has 4 heteroatoms. The summed E-state index contributed by atoms with van der Waals surface area (Å²) in [4.78, 5) is 16.2. The molecule has 0 saturated heterocycles. The fraction of sp³-hybridized carbons (Fsp3) is 0.950. The van der Waals surface area contributed by atoms with E-state index in [1.807, 2.05) is 0 Å². The molecule has 0 aliphatic carbocycles. The Labute approximate surface area is 167 Å².